The molecule has 35 heavy (non-hydrogen) atoms. The van der Waals surface area contributed by atoms with Crippen LogP contribution < -0.4 is 4.90 Å². The first-order valence-corrected chi connectivity index (χ1v) is 10.3. The second kappa shape index (κ2) is 45.4. The van der Waals surface area contributed by atoms with E-state index in [0.717, 1.165) is 21.3 Å². The zero-order valence-electron chi connectivity index (χ0n) is 23.6. The minimum Gasteiger partial charge on any atom is -0.358 e. The predicted octanol–water partition coefficient (Wildman–Crippen LogP) is 9.68. The van der Waals surface area contributed by atoms with Gasteiger partial charge in [0.05, 0.1) is 10.7 Å². The number of nitrogens with zero attached hydrogens (tertiary/aromatic N) is 1. The van der Waals surface area contributed by atoms with Crippen LogP contribution in [0.15, 0.2) is 89.5 Å². The molecule has 0 N–H and O–H groups in total. The van der Waals surface area contributed by atoms with Gasteiger partial charge in [0, 0.05) is 207 Å². The van der Waals surface area contributed by atoms with Crippen LogP contribution in [0.3, 0.4) is 0 Å². The van der Waals surface area contributed by atoms with Crippen LogP contribution >= 0.6 is 11.8 Å². The zero-order chi connectivity index (χ0) is 19.9. The van der Waals surface area contributed by atoms with Crippen LogP contribution in [0.1, 0.15) is 47.1 Å². The van der Waals surface area contributed by atoms with Gasteiger partial charge in [-0.2, -0.15) is 0 Å². The summed E-state index contributed by atoms with van der Waals surface area (Å²) in [5.74, 6) is 0. The van der Waals surface area contributed by atoms with Gasteiger partial charge in [0.1, 0.15) is 0 Å². The first-order valence-electron chi connectivity index (χ1n) is 9.43. The van der Waals surface area contributed by atoms with E-state index in [0.29, 0.717) is 0 Å². The van der Waals surface area contributed by atoms with E-state index >= 15 is 0 Å². The van der Waals surface area contributed by atoms with E-state index in [-0.39, 0.29) is 219 Å². The molecule has 3 rings (SSSR count). The van der Waals surface area contributed by atoms with Crippen LogP contribution in [0.2, 0.25) is 0 Å². The van der Waals surface area contributed by atoms with Crippen molar-refractivity contribution in [3.8, 4) is 0 Å². The van der Waals surface area contributed by atoms with Gasteiger partial charge < -0.3 is 27.2 Å². The maximum Gasteiger partial charge on any atom is 0.0774 e. The number of para-hydroxylation sites is 1. The third kappa shape index (κ3) is 25.8. The van der Waals surface area contributed by atoms with Gasteiger partial charge in [-0.3, -0.25) is 0 Å². The predicted molar refractivity (Wildman–Crippen MR) is 142 cm³/mol. The summed E-state index contributed by atoms with van der Waals surface area (Å²) in [6.45, 7) is 20.4. The zero-order valence-corrected chi connectivity index (χ0v) is 41.4. The number of hydrogen-bond donors (Lipinski definition) is 0. The summed E-state index contributed by atoms with van der Waals surface area (Å²) in [6.07, 6.45) is 2.15. The minimum absolute atomic E-state index is 0. The molecular weight excluding hydrogens is 904 g/mol. The first kappa shape index (κ1) is 67.2. The standard InChI is InChI=1S/C18H15NS.3C2H6.3CH3.6Y/c1-14-18(13-16-9-5-3-6-10-16)20-15(2)19(14)17-11-7-4-8-12-17;3*1-2;;;;;;;;;/h3-13H,1-2H2;3*1-2H3;3*1H3;;;;;;/q;;;;3*-1;;;;;;. The van der Waals surface area contributed by atoms with Crippen molar-refractivity contribution < 1.29 is 196 Å². The van der Waals surface area contributed by atoms with Crippen molar-refractivity contribution >= 4 is 23.5 Å². The molecule has 0 amide bonds. The Morgan fingerprint density at radius 3 is 1.31 bits per heavy atom. The molecule has 0 saturated carbocycles. The van der Waals surface area contributed by atoms with E-state index in [1.807, 2.05) is 77.9 Å². The topological polar surface area (TPSA) is 3.24 Å². The number of rotatable bonds is 2. The van der Waals surface area contributed by atoms with Crippen molar-refractivity contribution in [2.75, 3.05) is 4.90 Å². The third-order valence-corrected chi connectivity index (χ3v) is 4.13. The molecular formula is C27H42NSY6-3. The van der Waals surface area contributed by atoms with Crippen molar-refractivity contribution in [3.05, 3.63) is 117 Å². The maximum atomic E-state index is 4.22. The largest absolute Gasteiger partial charge is 0.358 e. The van der Waals surface area contributed by atoms with Crippen molar-refractivity contribution in [2.45, 2.75) is 41.5 Å². The molecule has 1 aliphatic heterocycles. The molecule has 0 aromatic heterocycles. The van der Waals surface area contributed by atoms with Crippen LogP contribution in [0.4, 0.5) is 5.69 Å². The SMILES string of the molecule is C=C1SC(=Cc2ccccc2)C(=C)N1c1ccccc1.CC.CC.CC.[CH3-].[CH3-].[CH3-].[Y].[Y].[Y].[Y].[Y].[Y]. The second-order valence-electron chi connectivity index (χ2n) is 4.53. The van der Waals surface area contributed by atoms with Crippen molar-refractivity contribution in [2.24, 2.45) is 0 Å². The Morgan fingerprint density at radius 2 is 0.943 bits per heavy atom. The summed E-state index contributed by atoms with van der Waals surface area (Å²) in [4.78, 5) is 3.24. The second-order valence-corrected chi connectivity index (χ2v) is 5.65. The molecule has 0 unspecified atom stereocenters. The quantitative estimate of drug-likeness (QED) is 0.276. The van der Waals surface area contributed by atoms with Crippen molar-refractivity contribution in [3.63, 3.8) is 0 Å². The van der Waals surface area contributed by atoms with Gasteiger partial charge in [0.15, 0.2) is 0 Å². The molecule has 0 atom stereocenters. The maximum absolute atomic E-state index is 4.22. The van der Waals surface area contributed by atoms with E-state index in [1.54, 1.807) is 11.8 Å². The molecule has 182 valence electrons. The smallest absolute Gasteiger partial charge is 0.0774 e. The Kier molecular flexibility index (Phi) is 87.3. The van der Waals surface area contributed by atoms with Crippen LogP contribution in [-0.2, 0) is 196 Å². The summed E-state index contributed by atoms with van der Waals surface area (Å²) >= 11 is 1.66. The van der Waals surface area contributed by atoms with Crippen LogP contribution in [0.25, 0.3) is 6.08 Å². The first-order chi connectivity index (χ1) is 12.8. The van der Waals surface area contributed by atoms with Gasteiger partial charge in [-0.25, -0.2) is 0 Å². The molecule has 6 radical (unpaired) electrons. The summed E-state index contributed by atoms with van der Waals surface area (Å²) in [7, 11) is 0. The monoisotopic (exact) mass is 946 g/mol. The Bertz CT molecular complexity index is 695. The van der Waals surface area contributed by atoms with Gasteiger partial charge in [-0.15, -0.1) is 0 Å². The Labute approximate surface area is 375 Å². The molecule has 1 saturated heterocycles. The van der Waals surface area contributed by atoms with Crippen LogP contribution in [0, 0.1) is 22.3 Å². The van der Waals surface area contributed by atoms with Crippen molar-refractivity contribution in [1.29, 1.82) is 0 Å². The van der Waals surface area contributed by atoms with E-state index in [2.05, 4.69) is 48.4 Å². The average Bonchev–Trinajstić information content (AvgIpc) is 3.01. The van der Waals surface area contributed by atoms with E-state index in [1.165, 1.54) is 5.56 Å². The average molecular weight is 946 g/mol. The Hall–Kier alpha value is 4.43. The fourth-order valence-corrected chi connectivity index (χ4v) is 3.15. The van der Waals surface area contributed by atoms with E-state index < -0.39 is 0 Å². The summed E-state index contributed by atoms with van der Waals surface area (Å²) in [6, 6.07) is 20.5. The number of thioether (sulfide) groups is 1. The van der Waals surface area contributed by atoms with Crippen LogP contribution in [0.5, 0.6) is 0 Å². The van der Waals surface area contributed by atoms with E-state index in [9.17, 15) is 0 Å². The van der Waals surface area contributed by atoms with Gasteiger partial charge >= 0.3 is 0 Å². The van der Waals surface area contributed by atoms with Crippen molar-refractivity contribution in [1.82, 2.24) is 0 Å². The van der Waals surface area contributed by atoms with Gasteiger partial charge in [0.2, 0.25) is 0 Å². The molecule has 1 nitrogen and oxygen atoms in total. The molecule has 1 aliphatic rings. The summed E-state index contributed by atoms with van der Waals surface area (Å²) in [5, 5.41) is 0.989. The van der Waals surface area contributed by atoms with Gasteiger partial charge in [0.25, 0.3) is 0 Å². The Balaban J connectivity index is -0.0000000487. The van der Waals surface area contributed by atoms with Crippen LogP contribution in [-0.4, -0.2) is 0 Å². The Morgan fingerprint density at radius 1 is 0.600 bits per heavy atom. The molecule has 0 spiro atoms. The molecule has 8 heteroatoms. The van der Waals surface area contributed by atoms with Gasteiger partial charge in [-0.05, 0) is 23.8 Å². The van der Waals surface area contributed by atoms with E-state index in [4.69, 9.17) is 0 Å². The fraction of sp³-hybridized carbons (Fsp3) is 0.222. The normalized spacial score (nSPS) is 10.2. The summed E-state index contributed by atoms with van der Waals surface area (Å²) in [5.41, 5.74) is 3.26. The molecule has 0 aliphatic carbocycles. The third-order valence-electron chi connectivity index (χ3n) is 3.14. The summed E-state index contributed by atoms with van der Waals surface area (Å²) < 4.78 is 0. The molecule has 2 aromatic carbocycles. The number of anilines is 1. The fourth-order valence-electron chi connectivity index (χ4n) is 2.18. The molecule has 0 bridgehead atoms. The molecule has 2 aromatic rings. The molecule has 1 heterocycles. The molecule has 1 fully saturated rings. The number of hydrogen-bond acceptors (Lipinski definition) is 2. The van der Waals surface area contributed by atoms with Gasteiger partial charge in [-0.1, -0.05) is 115 Å². The minimum atomic E-state index is 0. The number of benzene rings is 2.